The molecule has 5 atom stereocenters. The predicted molar refractivity (Wildman–Crippen MR) is 102 cm³/mol. The Morgan fingerprint density at radius 2 is 1.85 bits per heavy atom. The molecule has 0 saturated heterocycles. The Bertz CT molecular complexity index is 877. The minimum absolute atomic E-state index is 0.0221. The first-order valence-electron chi connectivity index (χ1n) is 10.4. The van der Waals surface area contributed by atoms with Crippen LogP contribution in [0.3, 0.4) is 0 Å². The molecule has 2 fully saturated rings. The molecular formula is C24H27NO2. The Balaban J connectivity index is 1.65. The van der Waals surface area contributed by atoms with E-state index in [1.807, 2.05) is 6.08 Å². The van der Waals surface area contributed by atoms with Crippen LogP contribution >= 0.6 is 0 Å². The summed E-state index contributed by atoms with van der Waals surface area (Å²) in [6, 6.07) is 2.22. The molecule has 0 aromatic rings. The molecular weight excluding hydrogens is 334 g/mol. The third kappa shape index (κ3) is 1.92. The van der Waals surface area contributed by atoms with E-state index >= 15 is 0 Å². The topological polar surface area (TPSA) is 57.9 Å². The van der Waals surface area contributed by atoms with Crippen molar-refractivity contribution in [2.45, 2.75) is 58.8 Å². The lowest BCUT2D eigenvalue weighted by Gasteiger charge is -2.57. The zero-order valence-electron chi connectivity index (χ0n) is 16.3. The van der Waals surface area contributed by atoms with Crippen molar-refractivity contribution in [3.05, 3.63) is 35.5 Å². The Morgan fingerprint density at radius 1 is 1.11 bits per heavy atom. The van der Waals surface area contributed by atoms with Crippen LogP contribution < -0.4 is 0 Å². The highest BCUT2D eigenvalue weighted by Gasteiger charge is 2.62. The summed E-state index contributed by atoms with van der Waals surface area (Å²) < 4.78 is 0. The van der Waals surface area contributed by atoms with Crippen molar-refractivity contribution >= 4 is 11.6 Å². The van der Waals surface area contributed by atoms with E-state index in [-0.39, 0.29) is 16.6 Å². The summed E-state index contributed by atoms with van der Waals surface area (Å²) in [5, 5.41) is 9.71. The number of rotatable bonds is 0. The number of fused-ring (bicyclic) bond motifs is 6. The van der Waals surface area contributed by atoms with E-state index in [0.717, 1.165) is 44.9 Å². The van der Waals surface area contributed by atoms with Gasteiger partial charge in [0, 0.05) is 17.3 Å². The zero-order chi connectivity index (χ0) is 19.0. The first kappa shape index (κ1) is 17.2. The van der Waals surface area contributed by atoms with Crippen molar-refractivity contribution in [1.29, 1.82) is 5.26 Å². The first-order chi connectivity index (χ1) is 12.9. The second kappa shape index (κ2) is 5.31. The van der Waals surface area contributed by atoms with Crippen LogP contribution in [0.2, 0.25) is 0 Å². The van der Waals surface area contributed by atoms with Crippen LogP contribution in [0.5, 0.6) is 0 Å². The average Bonchev–Trinajstić information content (AvgIpc) is 3.25. The smallest absolute Gasteiger partial charge is 0.183 e. The second-order valence-electron chi connectivity index (χ2n) is 9.89. The minimum Gasteiger partial charge on any atom is -0.299 e. The summed E-state index contributed by atoms with van der Waals surface area (Å²) in [6.45, 7) is 4.45. The van der Waals surface area contributed by atoms with Crippen LogP contribution in [-0.4, -0.2) is 11.6 Å². The van der Waals surface area contributed by atoms with Crippen molar-refractivity contribution in [1.82, 2.24) is 0 Å². The molecule has 0 N–H and O–H groups in total. The maximum absolute atomic E-state index is 13.2. The van der Waals surface area contributed by atoms with E-state index in [4.69, 9.17) is 0 Å². The summed E-state index contributed by atoms with van der Waals surface area (Å²) in [6.07, 6.45) is 14.7. The summed E-state index contributed by atoms with van der Waals surface area (Å²) in [4.78, 5) is 25.8. The molecule has 1 spiro atoms. The van der Waals surface area contributed by atoms with Crippen LogP contribution in [0, 0.1) is 45.3 Å². The highest BCUT2D eigenvalue weighted by molar-refractivity contribution is 6.07. The van der Waals surface area contributed by atoms with Crippen molar-refractivity contribution < 1.29 is 9.59 Å². The highest BCUT2D eigenvalue weighted by Crippen LogP contribution is 2.66. The van der Waals surface area contributed by atoms with Crippen LogP contribution in [0.1, 0.15) is 58.8 Å². The number of allylic oxidation sites excluding steroid dienone is 6. The van der Waals surface area contributed by atoms with Gasteiger partial charge in [-0.15, -0.1) is 0 Å². The number of ketones is 2. The van der Waals surface area contributed by atoms with E-state index in [1.165, 1.54) is 5.57 Å². The van der Waals surface area contributed by atoms with Gasteiger partial charge in [0.15, 0.2) is 5.78 Å². The zero-order valence-corrected chi connectivity index (χ0v) is 16.3. The van der Waals surface area contributed by atoms with Gasteiger partial charge >= 0.3 is 0 Å². The standard InChI is InChI=1S/C24H27NO2/c1-22-12-9-18-16(17(22)6-8-20(22)26)5-7-19-23(18,2)13-15(14-25)21(27)24(19)10-3-4-11-24/h3-4,7,13,16-18H,5-6,8-12H2,1-2H3/t16?,17?,18?,22?,23-/m1/s1. The lowest BCUT2D eigenvalue weighted by molar-refractivity contribution is -0.131. The van der Waals surface area contributed by atoms with Crippen molar-refractivity contribution in [2.24, 2.45) is 34.0 Å². The van der Waals surface area contributed by atoms with E-state index in [2.05, 4.69) is 38.1 Å². The summed E-state index contributed by atoms with van der Waals surface area (Å²) in [5.74, 6) is 1.84. The molecule has 0 aromatic heterocycles. The van der Waals surface area contributed by atoms with E-state index < -0.39 is 5.41 Å². The molecule has 5 aliphatic rings. The number of nitriles is 1. The van der Waals surface area contributed by atoms with Gasteiger partial charge in [-0.05, 0) is 61.9 Å². The number of Topliss-reactive ketones (excluding diaryl/α,β-unsaturated/α-hetero) is 2. The monoisotopic (exact) mass is 361 g/mol. The maximum atomic E-state index is 13.2. The van der Waals surface area contributed by atoms with Gasteiger partial charge in [0.25, 0.3) is 0 Å². The van der Waals surface area contributed by atoms with Crippen LogP contribution in [0.4, 0.5) is 0 Å². The third-order valence-electron chi connectivity index (χ3n) is 8.95. The fraction of sp³-hybridized carbons (Fsp3) is 0.625. The maximum Gasteiger partial charge on any atom is 0.183 e. The molecule has 3 heteroatoms. The van der Waals surface area contributed by atoms with Crippen LogP contribution in [0.25, 0.3) is 0 Å². The molecule has 5 aliphatic carbocycles. The number of hydrogen-bond acceptors (Lipinski definition) is 3. The molecule has 27 heavy (non-hydrogen) atoms. The van der Waals surface area contributed by atoms with Crippen molar-refractivity contribution in [3.8, 4) is 6.07 Å². The number of carbonyl (C=O) groups excluding carboxylic acids is 2. The Morgan fingerprint density at radius 3 is 2.56 bits per heavy atom. The molecule has 3 nitrogen and oxygen atoms in total. The molecule has 0 radical (unpaired) electrons. The molecule has 0 aliphatic heterocycles. The SMILES string of the molecule is CC12CCC3C(CC=C4C5(CC=CC5)C(=O)C(C#N)=C[C@@]43C)C1CCC2=O. The third-order valence-corrected chi connectivity index (χ3v) is 8.95. The summed E-state index contributed by atoms with van der Waals surface area (Å²) in [7, 11) is 0. The lowest BCUT2D eigenvalue weighted by atomic mass is 9.45. The fourth-order valence-electron chi connectivity index (χ4n) is 7.59. The van der Waals surface area contributed by atoms with Gasteiger partial charge in [-0.3, -0.25) is 9.59 Å². The average molecular weight is 361 g/mol. The Kier molecular flexibility index (Phi) is 3.38. The normalized spacial score (nSPS) is 44.3. The van der Waals surface area contributed by atoms with Crippen molar-refractivity contribution in [3.63, 3.8) is 0 Å². The molecule has 5 rings (SSSR count). The Hall–Kier alpha value is -1.95. The fourth-order valence-corrected chi connectivity index (χ4v) is 7.59. The largest absolute Gasteiger partial charge is 0.299 e. The molecule has 2 saturated carbocycles. The summed E-state index contributed by atoms with van der Waals surface area (Å²) in [5.41, 5.74) is 0.710. The highest BCUT2D eigenvalue weighted by atomic mass is 16.1. The quantitative estimate of drug-likeness (QED) is 0.587. The lowest BCUT2D eigenvalue weighted by Crippen LogP contribution is -2.53. The van der Waals surface area contributed by atoms with Gasteiger partial charge in [0.2, 0.25) is 0 Å². The van der Waals surface area contributed by atoms with Crippen LogP contribution in [-0.2, 0) is 9.59 Å². The van der Waals surface area contributed by atoms with E-state index in [1.54, 1.807) is 0 Å². The molecule has 4 unspecified atom stereocenters. The van der Waals surface area contributed by atoms with Gasteiger partial charge in [0.05, 0.1) is 11.0 Å². The summed E-state index contributed by atoms with van der Waals surface area (Å²) >= 11 is 0. The second-order valence-corrected chi connectivity index (χ2v) is 9.89. The van der Waals surface area contributed by atoms with Gasteiger partial charge in [-0.2, -0.15) is 5.26 Å². The molecule has 0 aromatic carbocycles. The van der Waals surface area contributed by atoms with Gasteiger partial charge in [-0.1, -0.05) is 38.2 Å². The number of hydrogen-bond donors (Lipinski definition) is 0. The molecule has 0 heterocycles. The molecule has 140 valence electrons. The van der Waals surface area contributed by atoms with Crippen molar-refractivity contribution in [2.75, 3.05) is 0 Å². The van der Waals surface area contributed by atoms with Gasteiger partial charge < -0.3 is 0 Å². The van der Waals surface area contributed by atoms with Gasteiger partial charge in [-0.25, -0.2) is 0 Å². The minimum atomic E-state index is -0.522. The number of carbonyl (C=O) groups is 2. The van der Waals surface area contributed by atoms with Crippen LogP contribution in [0.15, 0.2) is 35.5 Å². The van der Waals surface area contributed by atoms with E-state index in [9.17, 15) is 14.9 Å². The molecule has 0 amide bonds. The van der Waals surface area contributed by atoms with Gasteiger partial charge in [0.1, 0.15) is 11.9 Å². The predicted octanol–water partition coefficient (Wildman–Crippen LogP) is 4.70. The first-order valence-corrected chi connectivity index (χ1v) is 10.4. The Labute approximate surface area is 161 Å². The van der Waals surface area contributed by atoms with E-state index in [0.29, 0.717) is 29.1 Å². The number of nitrogens with zero attached hydrogens (tertiary/aromatic N) is 1. The molecule has 0 bridgehead atoms.